The molecule has 1 aromatic heterocycles. The van der Waals surface area contributed by atoms with Crippen molar-refractivity contribution in [1.82, 2.24) is 9.78 Å². The van der Waals surface area contributed by atoms with Gasteiger partial charge < -0.3 is 5.11 Å². The maximum Gasteiger partial charge on any atom is 0.312 e. The van der Waals surface area contributed by atoms with Crippen molar-refractivity contribution < 1.29 is 9.90 Å². The van der Waals surface area contributed by atoms with Crippen molar-refractivity contribution >= 4 is 5.97 Å². The zero-order chi connectivity index (χ0) is 10.9. The monoisotopic (exact) mass is 196 g/mol. The van der Waals surface area contributed by atoms with Crippen LogP contribution in [0, 0.1) is 0 Å². The molecule has 0 saturated carbocycles. The maximum atomic E-state index is 10.8. The maximum absolute atomic E-state index is 10.8. The van der Waals surface area contributed by atoms with Gasteiger partial charge in [0, 0.05) is 7.05 Å². The number of aryl methyl sites for hydroxylation is 1. The molecule has 0 aliphatic carbocycles. The van der Waals surface area contributed by atoms with Gasteiger partial charge in [0.2, 0.25) is 0 Å². The molecule has 1 rings (SSSR count). The molecule has 0 aliphatic rings. The fraction of sp³-hybridized carbons (Fsp3) is 0.600. The molecule has 14 heavy (non-hydrogen) atoms. The van der Waals surface area contributed by atoms with Crippen LogP contribution in [-0.4, -0.2) is 20.9 Å². The smallest absolute Gasteiger partial charge is 0.312 e. The minimum absolute atomic E-state index is 0.330. The number of aliphatic carboxylic acids is 1. The predicted molar refractivity (Wildman–Crippen MR) is 53.3 cm³/mol. The van der Waals surface area contributed by atoms with Crippen LogP contribution in [0.1, 0.15) is 44.0 Å². The number of hydrogen-bond donors (Lipinski definition) is 1. The molecule has 0 saturated heterocycles. The first-order valence-corrected chi connectivity index (χ1v) is 4.70. The van der Waals surface area contributed by atoms with Crippen molar-refractivity contribution in [3.63, 3.8) is 0 Å². The summed E-state index contributed by atoms with van der Waals surface area (Å²) in [6.07, 6.45) is 0. The topological polar surface area (TPSA) is 55.1 Å². The Hall–Kier alpha value is -1.32. The van der Waals surface area contributed by atoms with Gasteiger partial charge in [-0.25, -0.2) is 0 Å². The molecule has 0 amide bonds. The summed E-state index contributed by atoms with van der Waals surface area (Å²) in [5.74, 6) is -0.987. The lowest BCUT2D eigenvalue weighted by Gasteiger charge is -2.04. The summed E-state index contributed by atoms with van der Waals surface area (Å²) in [6, 6.07) is 1.86. The van der Waals surface area contributed by atoms with Gasteiger partial charge in [0.1, 0.15) is 0 Å². The zero-order valence-corrected chi connectivity index (χ0v) is 8.98. The second kappa shape index (κ2) is 3.82. The summed E-state index contributed by atoms with van der Waals surface area (Å²) < 4.78 is 1.65. The third-order valence-corrected chi connectivity index (χ3v) is 2.34. The van der Waals surface area contributed by atoms with Gasteiger partial charge in [0.05, 0.1) is 17.3 Å². The van der Waals surface area contributed by atoms with Crippen LogP contribution < -0.4 is 0 Å². The van der Waals surface area contributed by atoms with E-state index >= 15 is 0 Å². The average Bonchev–Trinajstić information content (AvgIpc) is 2.46. The summed E-state index contributed by atoms with van der Waals surface area (Å²) in [5.41, 5.74) is 1.69. The highest BCUT2D eigenvalue weighted by Crippen LogP contribution is 2.20. The molecule has 1 unspecified atom stereocenters. The number of rotatable bonds is 3. The summed E-state index contributed by atoms with van der Waals surface area (Å²) in [4.78, 5) is 10.8. The number of aromatic nitrogens is 2. The lowest BCUT2D eigenvalue weighted by Crippen LogP contribution is -2.11. The summed E-state index contributed by atoms with van der Waals surface area (Å²) in [6.45, 7) is 5.75. The highest BCUT2D eigenvalue weighted by atomic mass is 16.4. The first-order chi connectivity index (χ1) is 6.43. The zero-order valence-electron chi connectivity index (χ0n) is 8.98. The largest absolute Gasteiger partial charge is 0.481 e. The van der Waals surface area contributed by atoms with Gasteiger partial charge in [0.15, 0.2) is 0 Å². The Bertz CT molecular complexity index is 342. The van der Waals surface area contributed by atoms with Gasteiger partial charge in [-0.2, -0.15) is 5.10 Å². The van der Waals surface area contributed by atoms with Crippen LogP contribution in [0.4, 0.5) is 0 Å². The van der Waals surface area contributed by atoms with Crippen LogP contribution in [-0.2, 0) is 11.8 Å². The molecular formula is C10H16N2O2. The molecule has 4 heteroatoms. The van der Waals surface area contributed by atoms with Crippen molar-refractivity contribution in [2.75, 3.05) is 0 Å². The summed E-state index contributed by atoms with van der Waals surface area (Å²) in [5, 5.41) is 13.1. The number of hydrogen-bond acceptors (Lipinski definition) is 2. The summed E-state index contributed by atoms with van der Waals surface area (Å²) in [7, 11) is 1.78. The van der Waals surface area contributed by atoms with Crippen LogP contribution in [0.15, 0.2) is 6.07 Å². The molecule has 0 aliphatic heterocycles. The highest BCUT2D eigenvalue weighted by molar-refractivity contribution is 5.74. The molecule has 0 bridgehead atoms. The number of carboxylic acid groups (broad SMARTS) is 1. The normalized spacial score (nSPS) is 13.2. The molecule has 1 N–H and O–H groups in total. The Morgan fingerprint density at radius 1 is 1.50 bits per heavy atom. The van der Waals surface area contributed by atoms with Crippen molar-refractivity contribution in [1.29, 1.82) is 0 Å². The fourth-order valence-corrected chi connectivity index (χ4v) is 1.32. The van der Waals surface area contributed by atoms with Gasteiger partial charge in [-0.3, -0.25) is 9.48 Å². The van der Waals surface area contributed by atoms with Crippen molar-refractivity contribution in [3.8, 4) is 0 Å². The van der Waals surface area contributed by atoms with E-state index in [1.54, 1.807) is 18.7 Å². The van der Waals surface area contributed by atoms with Crippen LogP contribution in [0.2, 0.25) is 0 Å². The van der Waals surface area contributed by atoms with Crippen LogP contribution >= 0.6 is 0 Å². The Kier molecular flexibility index (Phi) is 2.93. The molecule has 1 heterocycles. The molecule has 0 aromatic carbocycles. The number of nitrogens with zero attached hydrogens (tertiary/aromatic N) is 2. The minimum atomic E-state index is -0.816. The van der Waals surface area contributed by atoms with E-state index < -0.39 is 11.9 Å². The highest BCUT2D eigenvalue weighted by Gasteiger charge is 2.19. The van der Waals surface area contributed by atoms with Gasteiger partial charge in [0.25, 0.3) is 0 Å². The summed E-state index contributed by atoms with van der Waals surface area (Å²) >= 11 is 0. The Morgan fingerprint density at radius 3 is 2.43 bits per heavy atom. The Labute approximate surface area is 83.5 Å². The van der Waals surface area contributed by atoms with Crippen LogP contribution in [0.3, 0.4) is 0 Å². The third-order valence-electron chi connectivity index (χ3n) is 2.34. The van der Waals surface area contributed by atoms with Gasteiger partial charge in [-0.05, 0) is 18.9 Å². The van der Waals surface area contributed by atoms with Gasteiger partial charge in [-0.15, -0.1) is 0 Å². The first-order valence-electron chi connectivity index (χ1n) is 4.70. The molecule has 1 aromatic rings. The van der Waals surface area contributed by atoms with E-state index in [1.807, 2.05) is 19.9 Å². The van der Waals surface area contributed by atoms with E-state index in [9.17, 15) is 4.79 Å². The van der Waals surface area contributed by atoms with E-state index in [-0.39, 0.29) is 0 Å². The average molecular weight is 196 g/mol. The number of carboxylic acids is 1. The molecule has 0 spiro atoms. The van der Waals surface area contributed by atoms with E-state index in [1.165, 1.54) is 0 Å². The van der Waals surface area contributed by atoms with Crippen molar-refractivity contribution in [2.45, 2.75) is 32.6 Å². The minimum Gasteiger partial charge on any atom is -0.481 e. The number of carbonyl (C=O) groups is 1. The van der Waals surface area contributed by atoms with E-state index in [4.69, 9.17) is 5.11 Å². The standard InChI is InChI=1S/C10H16N2O2/c1-6(2)8-5-9(12(4)11-8)7(3)10(13)14/h5-7H,1-4H3,(H,13,14). The van der Waals surface area contributed by atoms with E-state index in [2.05, 4.69) is 5.10 Å². The predicted octanol–water partition coefficient (Wildman–Crippen LogP) is 1.73. The second-order valence-corrected chi connectivity index (χ2v) is 3.83. The van der Waals surface area contributed by atoms with Crippen molar-refractivity contribution in [2.24, 2.45) is 7.05 Å². The Balaban J connectivity index is 3.04. The lowest BCUT2D eigenvalue weighted by atomic mass is 10.1. The molecule has 78 valence electrons. The third kappa shape index (κ3) is 1.95. The quantitative estimate of drug-likeness (QED) is 0.801. The first kappa shape index (κ1) is 10.8. The van der Waals surface area contributed by atoms with Crippen LogP contribution in [0.25, 0.3) is 0 Å². The fourth-order valence-electron chi connectivity index (χ4n) is 1.32. The molecule has 0 fully saturated rings. The molecular weight excluding hydrogens is 180 g/mol. The van der Waals surface area contributed by atoms with Crippen LogP contribution in [0.5, 0.6) is 0 Å². The van der Waals surface area contributed by atoms with E-state index in [0.717, 1.165) is 11.4 Å². The molecule has 4 nitrogen and oxygen atoms in total. The van der Waals surface area contributed by atoms with Gasteiger partial charge in [-0.1, -0.05) is 13.8 Å². The molecule has 1 atom stereocenters. The molecule has 0 radical (unpaired) electrons. The lowest BCUT2D eigenvalue weighted by molar-refractivity contribution is -0.138. The van der Waals surface area contributed by atoms with E-state index in [0.29, 0.717) is 5.92 Å². The Morgan fingerprint density at radius 2 is 2.07 bits per heavy atom. The second-order valence-electron chi connectivity index (χ2n) is 3.83. The van der Waals surface area contributed by atoms with Crippen molar-refractivity contribution in [3.05, 3.63) is 17.5 Å². The SMILES string of the molecule is CC(C)c1cc(C(C)C(=O)O)n(C)n1. The van der Waals surface area contributed by atoms with Gasteiger partial charge >= 0.3 is 5.97 Å².